The Kier molecular flexibility index (Phi) is 5.13. The van der Waals surface area contributed by atoms with Crippen molar-refractivity contribution < 1.29 is 9.21 Å². The van der Waals surface area contributed by atoms with Crippen LogP contribution in [-0.4, -0.2) is 37.0 Å². The van der Waals surface area contributed by atoms with Gasteiger partial charge < -0.3 is 14.6 Å². The van der Waals surface area contributed by atoms with Gasteiger partial charge in [0.15, 0.2) is 5.76 Å². The van der Waals surface area contributed by atoms with Crippen LogP contribution in [0.4, 0.5) is 0 Å². The first-order valence-electron chi connectivity index (χ1n) is 9.05. The fraction of sp³-hybridized carbons (Fsp3) is 0.450. The molecule has 2 aromatic rings. The second-order valence-corrected chi connectivity index (χ2v) is 7.97. The predicted molar refractivity (Wildman–Crippen MR) is 99.7 cm³/mol. The fourth-order valence-corrected chi connectivity index (χ4v) is 4.78. The molecule has 0 radical (unpaired) electrons. The molecule has 3 heterocycles. The van der Waals surface area contributed by atoms with Gasteiger partial charge in [0, 0.05) is 29.3 Å². The number of nitrogens with zero attached hydrogens (tertiary/aromatic N) is 1. The number of thioether (sulfide) groups is 1. The topological polar surface area (TPSA) is 45.5 Å². The van der Waals surface area contributed by atoms with Crippen molar-refractivity contribution in [2.24, 2.45) is 11.8 Å². The second-order valence-electron chi connectivity index (χ2n) is 6.92. The van der Waals surface area contributed by atoms with E-state index >= 15 is 0 Å². The first kappa shape index (κ1) is 16.7. The number of carbonyl (C=O) groups is 1. The van der Waals surface area contributed by atoms with Crippen LogP contribution in [0.15, 0.2) is 52.0 Å². The van der Waals surface area contributed by atoms with Gasteiger partial charge in [0.25, 0.3) is 5.91 Å². The van der Waals surface area contributed by atoms with Gasteiger partial charge in [-0.05, 0) is 56.0 Å². The lowest BCUT2D eigenvalue weighted by Gasteiger charge is -2.20. The molecule has 25 heavy (non-hydrogen) atoms. The Hall–Kier alpha value is -1.72. The quantitative estimate of drug-likeness (QED) is 0.850. The number of likely N-dealkylation sites (tertiary alicyclic amines) is 1. The van der Waals surface area contributed by atoms with Crippen LogP contribution in [0.25, 0.3) is 0 Å². The third-order valence-electron chi connectivity index (χ3n) is 5.39. The van der Waals surface area contributed by atoms with E-state index in [1.165, 1.54) is 4.90 Å². The summed E-state index contributed by atoms with van der Waals surface area (Å²) in [5, 5.41) is 3.48. The normalized spacial score (nSPS) is 23.3. The van der Waals surface area contributed by atoms with Gasteiger partial charge in [0.1, 0.15) is 0 Å². The summed E-state index contributed by atoms with van der Waals surface area (Å²) in [5.74, 6) is 2.78. The summed E-state index contributed by atoms with van der Waals surface area (Å²) in [4.78, 5) is 16.2. The van der Waals surface area contributed by atoms with Gasteiger partial charge in [-0.15, -0.1) is 11.8 Å². The fourth-order valence-electron chi connectivity index (χ4n) is 3.88. The summed E-state index contributed by atoms with van der Waals surface area (Å²) in [6, 6.07) is 12.2. The Morgan fingerprint density at radius 3 is 2.56 bits per heavy atom. The number of amides is 1. The molecule has 4 nitrogen and oxygen atoms in total. The smallest absolute Gasteiger partial charge is 0.289 e. The van der Waals surface area contributed by atoms with Crippen molar-refractivity contribution in [1.82, 2.24) is 10.2 Å². The summed E-state index contributed by atoms with van der Waals surface area (Å²) in [6.45, 7) is 3.89. The Morgan fingerprint density at radius 2 is 1.84 bits per heavy atom. The highest BCUT2D eigenvalue weighted by Gasteiger charge is 2.32. The molecule has 1 aromatic carbocycles. The van der Waals surface area contributed by atoms with Crippen molar-refractivity contribution in [3.63, 3.8) is 0 Å². The largest absolute Gasteiger partial charge is 0.459 e. The van der Waals surface area contributed by atoms with Gasteiger partial charge in [0.05, 0.1) is 6.26 Å². The van der Waals surface area contributed by atoms with Crippen molar-refractivity contribution in [1.29, 1.82) is 0 Å². The molecular formula is C20H24N2O2S. The molecule has 0 unspecified atom stereocenters. The van der Waals surface area contributed by atoms with E-state index in [9.17, 15) is 4.79 Å². The number of rotatable bonds is 4. The number of fused-ring (bicyclic) bond motifs is 1. The predicted octanol–water partition coefficient (Wildman–Crippen LogP) is 3.64. The first-order valence-corrected chi connectivity index (χ1v) is 10.0. The number of hydrogen-bond donors (Lipinski definition) is 1. The lowest BCUT2D eigenvalue weighted by molar-refractivity contribution is 0.0725. The molecule has 2 aliphatic rings. The Labute approximate surface area is 153 Å². The number of benzene rings is 1. The molecule has 1 aromatic heterocycles. The van der Waals surface area contributed by atoms with Gasteiger partial charge in [-0.3, -0.25) is 4.79 Å². The maximum Gasteiger partial charge on any atom is 0.289 e. The molecule has 0 bridgehead atoms. The molecule has 0 aliphatic carbocycles. The summed E-state index contributed by atoms with van der Waals surface area (Å²) < 4.78 is 5.59. The SMILES string of the molecule is O=C(c1occc1CSc1ccccc1)N1CC[C@@H]2CNC[C@@H]2CC1. The Balaban J connectivity index is 1.41. The second kappa shape index (κ2) is 7.67. The lowest BCUT2D eigenvalue weighted by atomic mass is 9.92. The van der Waals surface area contributed by atoms with Crippen LogP contribution in [0.3, 0.4) is 0 Å². The van der Waals surface area contributed by atoms with Crippen molar-refractivity contribution in [2.75, 3.05) is 26.2 Å². The van der Waals surface area contributed by atoms with Crippen molar-refractivity contribution in [3.8, 4) is 0 Å². The molecule has 0 saturated carbocycles. The van der Waals surface area contributed by atoms with E-state index in [0.29, 0.717) is 5.76 Å². The number of hydrogen-bond acceptors (Lipinski definition) is 4. The van der Waals surface area contributed by atoms with E-state index in [-0.39, 0.29) is 5.91 Å². The lowest BCUT2D eigenvalue weighted by Crippen LogP contribution is -2.33. The third kappa shape index (κ3) is 3.77. The van der Waals surface area contributed by atoms with E-state index in [2.05, 4.69) is 17.4 Å². The van der Waals surface area contributed by atoms with Gasteiger partial charge in [-0.1, -0.05) is 18.2 Å². The van der Waals surface area contributed by atoms with Crippen LogP contribution in [0.5, 0.6) is 0 Å². The highest BCUT2D eigenvalue weighted by atomic mass is 32.2. The maximum absolute atomic E-state index is 13.0. The Morgan fingerprint density at radius 1 is 1.12 bits per heavy atom. The van der Waals surface area contributed by atoms with Crippen LogP contribution in [0, 0.1) is 11.8 Å². The maximum atomic E-state index is 13.0. The highest BCUT2D eigenvalue weighted by Crippen LogP contribution is 2.29. The summed E-state index contributed by atoms with van der Waals surface area (Å²) in [5.41, 5.74) is 0.991. The van der Waals surface area contributed by atoms with Crippen molar-refractivity contribution >= 4 is 17.7 Å². The minimum Gasteiger partial charge on any atom is -0.459 e. The number of carbonyl (C=O) groups excluding carboxylic acids is 1. The molecule has 2 fully saturated rings. The third-order valence-corrected chi connectivity index (χ3v) is 6.45. The van der Waals surface area contributed by atoms with E-state index in [1.54, 1.807) is 18.0 Å². The first-order chi connectivity index (χ1) is 12.3. The minimum absolute atomic E-state index is 0.0570. The van der Waals surface area contributed by atoms with Gasteiger partial charge in [0.2, 0.25) is 0 Å². The molecule has 2 aliphatic heterocycles. The van der Waals surface area contributed by atoms with Gasteiger partial charge in [-0.2, -0.15) is 0 Å². The van der Waals surface area contributed by atoms with E-state index < -0.39 is 0 Å². The molecule has 1 N–H and O–H groups in total. The Bertz CT molecular complexity index is 701. The molecule has 5 heteroatoms. The van der Waals surface area contributed by atoms with Gasteiger partial charge in [-0.25, -0.2) is 0 Å². The molecule has 4 rings (SSSR count). The zero-order valence-electron chi connectivity index (χ0n) is 14.3. The molecule has 132 valence electrons. The zero-order valence-corrected chi connectivity index (χ0v) is 15.1. The van der Waals surface area contributed by atoms with E-state index in [0.717, 1.165) is 62.2 Å². The molecule has 0 spiro atoms. The minimum atomic E-state index is 0.0570. The summed E-state index contributed by atoms with van der Waals surface area (Å²) in [6.07, 6.45) is 3.83. The van der Waals surface area contributed by atoms with E-state index in [4.69, 9.17) is 4.42 Å². The average molecular weight is 356 g/mol. The van der Waals surface area contributed by atoms with Crippen LogP contribution < -0.4 is 5.32 Å². The van der Waals surface area contributed by atoms with Crippen LogP contribution in [0.1, 0.15) is 29.0 Å². The average Bonchev–Trinajstić information content (AvgIpc) is 3.26. The summed E-state index contributed by atoms with van der Waals surface area (Å²) in [7, 11) is 0. The zero-order chi connectivity index (χ0) is 17.1. The highest BCUT2D eigenvalue weighted by molar-refractivity contribution is 7.98. The molecule has 1 amide bonds. The molecule has 2 atom stereocenters. The summed E-state index contributed by atoms with van der Waals surface area (Å²) >= 11 is 1.74. The monoisotopic (exact) mass is 356 g/mol. The number of furan rings is 1. The van der Waals surface area contributed by atoms with Crippen molar-refractivity contribution in [2.45, 2.75) is 23.5 Å². The van der Waals surface area contributed by atoms with Crippen LogP contribution in [-0.2, 0) is 5.75 Å². The molecular weight excluding hydrogens is 332 g/mol. The van der Waals surface area contributed by atoms with Crippen LogP contribution >= 0.6 is 11.8 Å². The van der Waals surface area contributed by atoms with Gasteiger partial charge >= 0.3 is 0 Å². The number of nitrogens with one attached hydrogen (secondary N) is 1. The van der Waals surface area contributed by atoms with Crippen LogP contribution in [0.2, 0.25) is 0 Å². The molecule has 2 saturated heterocycles. The standard InChI is InChI=1S/C20H24N2O2S/c23-20(22-9-6-15-12-21-13-16(15)7-10-22)19-17(8-11-24-19)14-25-18-4-2-1-3-5-18/h1-5,8,11,15-16,21H,6-7,9-10,12-14H2/t15-,16+. The van der Waals surface area contributed by atoms with E-state index in [1.807, 2.05) is 29.2 Å². The van der Waals surface area contributed by atoms with Crippen molar-refractivity contribution in [3.05, 3.63) is 54.0 Å².